The van der Waals surface area contributed by atoms with E-state index in [2.05, 4.69) is 16.0 Å². The van der Waals surface area contributed by atoms with Gasteiger partial charge in [-0.15, -0.1) is 0 Å². The summed E-state index contributed by atoms with van der Waals surface area (Å²) in [7, 11) is 0. The van der Waals surface area contributed by atoms with E-state index >= 15 is 0 Å². The molecule has 1 unspecified atom stereocenters. The first-order valence-corrected chi connectivity index (χ1v) is 8.96. The molecule has 144 valence electrons. The molecule has 2 heterocycles. The van der Waals surface area contributed by atoms with Crippen molar-refractivity contribution in [3.05, 3.63) is 34.9 Å². The van der Waals surface area contributed by atoms with Gasteiger partial charge in [0.05, 0.1) is 0 Å². The highest BCUT2D eigenvalue weighted by molar-refractivity contribution is 6.05. The first kappa shape index (κ1) is 18.9. The average molecular weight is 372 g/mol. The van der Waals surface area contributed by atoms with Crippen LogP contribution in [0.5, 0.6) is 0 Å². The van der Waals surface area contributed by atoms with Crippen LogP contribution in [0.3, 0.4) is 0 Å². The zero-order valence-corrected chi connectivity index (χ0v) is 15.7. The largest absolute Gasteiger partial charge is 0.334 e. The van der Waals surface area contributed by atoms with E-state index in [0.717, 1.165) is 11.1 Å². The molecule has 1 aromatic carbocycles. The molecule has 27 heavy (non-hydrogen) atoms. The molecular formula is C19H24N4O4. The Labute approximate surface area is 157 Å². The summed E-state index contributed by atoms with van der Waals surface area (Å²) in [5, 5.41) is 7.91. The Morgan fingerprint density at radius 2 is 2.00 bits per heavy atom. The Hall–Kier alpha value is -2.90. The zero-order valence-electron chi connectivity index (χ0n) is 15.7. The number of carbonyl (C=O) groups is 4. The van der Waals surface area contributed by atoms with Gasteiger partial charge in [-0.3, -0.25) is 19.7 Å². The van der Waals surface area contributed by atoms with Crippen molar-refractivity contribution in [2.24, 2.45) is 0 Å². The number of hydrogen-bond acceptors (Lipinski definition) is 4. The van der Waals surface area contributed by atoms with E-state index in [1.165, 1.54) is 4.90 Å². The molecule has 0 aliphatic carbocycles. The van der Waals surface area contributed by atoms with Crippen molar-refractivity contribution in [1.82, 2.24) is 20.9 Å². The van der Waals surface area contributed by atoms with E-state index in [4.69, 9.17) is 0 Å². The third kappa shape index (κ3) is 4.27. The number of hydrogen-bond donors (Lipinski definition) is 3. The third-order valence-corrected chi connectivity index (χ3v) is 4.53. The van der Waals surface area contributed by atoms with Gasteiger partial charge in [-0.1, -0.05) is 12.1 Å². The number of benzene rings is 1. The van der Waals surface area contributed by atoms with Crippen LogP contribution in [0.15, 0.2) is 18.2 Å². The van der Waals surface area contributed by atoms with E-state index in [-0.39, 0.29) is 29.8 Å². The number of imide groups is 1. The minimum Gasteiger partial charge on any atom is -0.334 e. The maximum absolute atomic E-state index is 12.6. The molecule has 1 aromatic rings. The van der Waals surface area contributed by atoms with Crippen LogP contribution >= 0.6 is 0 Å². The number of nitrogens with one attached hydrogen (secondary N) is 3. The highest BCUT2D eigenvalue weighted by atomic mass is 16.2. The van der Waals surface area contributed by atoms with Crippen molar-refractivity contribution in [1.29, 1.82) is 0 Å². The van der Waals surface area contributed by atoms with Gasteiger partial charge in [0.2, 0.25) is 11.8 Å². The fourth-order valence-corrected chi connectivity index (χ4v) is 3.30. The summed E-state index contributed by atoms with van der Waals surface area (Å²) in [6.45, 7) is 6.36. The molecule has 3 N–H and O–H groups in total. The fraction of sp³-hybridized carbons (Fsp3) is 0.474. The van der Waals surface area contributed by atoms with Gasteiger partial charge in [0.25, 0.3) is 5.91 Å². The van der Waals surface area contributed by atoms with Gasteiger partial charge in [-0.2, -0.15) is 0 Å². The fourth-order valence-electron chi connectivity index (χ4n) is 3.30. The lowest BCUT2D eigenvalue weighted by molar-refractivity contribution is -0.136. The van der Waals surface area contributed by atoms with Crippen LogP contribution in [0.4, 0.5) is 4.79 Å². The maximum Gasteiger partial charge on any atom is 0.315 e. The van der Waals surface area contributed by atoms with Crippen molar-refractivity contribution in [2.75, 3.05) is 0 Å². The average Bonchev–Trinajstić information content (AvgIpc) is 2.88. The first-order valence-electron chi connectivity index (χ1n) is 8.96. The molecule has 2 aliphatic heterocycles. The topological polar surface area (TPSA) is 108 Å². The third-order valence-electron chi connectivity index (χ3n) is 4.53. The second-order valence-electron chi connectivity index (χ2n) is 7.95. The SMILES string of the molecule is CC(C)(C)NC(=O)NCc1ccc2c(c1)CN(C1CCC(=O)NC1=O)C2=O. The Bertz CT molecular complexity index is 812. The maximum atomic E-state index is 12.6. The highest BCUT2D eigenvalue weighted by Crippen LogP contribution is 2.28. The van der Waals surface area contributed by atoms with Gasteiger partial charge in [0.15, 0.2) is 0 Å². The molecular weight excluding hydrogens is 348 g/mol. The minimum atomic E-state index is -0.623. The number of urea groups is 1. The minimum absolute atomic E-state index is 0.204. The van der Waals surface area contributed by atoms with E-state index in [0.29, 0.717) is 25.1 Å². The summed E-state index contributed by atoms with van der Waals surface area (Å²) in [5.74, 6) is -0.931. The molecule has 0 aromatic heterocycles. The van der Waals surface area contributed by atoms with Crippen molar-refractivity contribution in [2.45, 2.75) is 58.3 Å². The Morgan fingerprint density at radius 3 is 2.67 bits per heavy atom. The molecule has 0 saturated carbocycles. The molecule has 1 saturated heterocycles. The predicted octanol–water partition coefficient (Wildman–Crippen LogP) is 1.05. The van der Waals surface area contributed by atoms with Crippen LogP contribution in [0.1, 0.15) is 55.1 Å². The van der Waals surface area contributed by atoms with E-state index in [9.17, 15) is 19.2 Å². The summed E-state index contributed by atoms with van der Waals surface area (Å²) in [6.07, 6.45) is 0.570. The van der Waals surface area contributed by atoms with Crippen LogP contribution < -0.4 is 16.0 Å². The smallest absolute Gasteiger partial charge is 0.315 e. The first-order chi connectivity index (χ1) is 12.6. The second-order valence-corrected chi connectivity index (χ2v) is 7.95. The normalized spacial score (nSPS) is 19.6. The lowest BCUT2D eigenvalue weighted by Gasteiger charge is -2.29. The zero-order chi connectivity index (χ0) is 19.8. The van der Waals surface area contributed by atoms with Crippen molar-refractivity contribution >= 4 is 23.8 Å². The molecule has 0 spiro atoms. The molecule has 1 fully saturated rings. The molecule has 1 atom stereocenters. The predicted molar refractivity (Wildman–Crippen MR) is 97.6 cm³/mol. The summed E-state index contributed by atoms with van der Waals surface area (Å²) < 4.78 is 0. The van der Waals surface area contributed by atoms with Gasteiger partial charge >= 0.3 is 6.03 Å². The molecule has 5 amide bonds. The van der Waals surface area contributed by atoms with E-state index in [1.807, 2.05) is 26.8 Å². The monoisotopic (exact) mass is 372 g/mol. The molecule has 8 nitrogen and oxygen atoms in total. The van der Waals surface area contributed by atoms with Crippen LogP contribution in [0, 0.1) is 0 Å². The standard InChI is InChI=1S/C19H24N4O4/c1-19(2,3)22-18(27)20-9-11-4-5-13-12(8-11)10-23(17(13)26)14-6-7-15(24)21-16(14)25/h4-5,8,14H,6-7,9-10H2,1-3H3,(H2,20,22,27)(H,21,24,25). The highest BCUT2D eigenvalue weighted by Gasteiger charge is 2.39. The van der Waals surface area contributed by atoms with Gasteiger partial charge in [0.1, 0.15) is 6.04 Å². The number of nitrogens with zero attached hydrogens (tertiary/aromatic N) is 1. The molecule has 0 radical (unpaired) electrons. The number of amides is 5. The van der Waals surface area contributed by atoms with Crippen molar-refractivity contribution in [3.8, 4) is 0 Å². The van der Waals surface area contributed by atoms with Gasteiger partial charge in [-0.05, 0) is 44.4 Å². The number of carbonyl (C=O) groups excluding carboxylic acids is 4. The number of piperidine rings is 1. The Kier molecular flexibility index (Phi) is 4.91. The van der Waals surface area contributed by atoms with Gasteiger partial charge < -0.3 is 15.5 Å². The summed E-state index contributed by atoms with van der Waals surface area (Å²) in [6, 6.07) is 4.51. The Morgan fingerprint density at radius 1 is 1.26 bits per heavy atom. The van der Waals surface area contributed by atoms with Gasteiger partial charge in [0, 0.05) is 30.6 Å². The Balaban J connectivity index is 1.66. The van der Waals surface area contributed by atoms with Crippen LogP contribution in [-0.4, -0.2) is 40.2 Å². The summed E-state index contributed by atoms with van der Waals surface area (Å²) >= 11 is 0. The number of rotatable bonds is 3. The van der Waals surface area contributed by atoms with Crippen molar-refractivity contribution < 1.29 is 19.2 Å². The van der Waals surface area contributed by atoms with Crippen molar-refractivity contribution in [3.63, 3.8) is 0 Å². The number of fused-ring (bicyclic) bond motifs is 1. The van der Waals surface area contributed by atoms with Crippen LogP contribution in [0.25, 0.3) is 0 Å². The second kappa shape index (κ2) is 7.02. The molecule has 8 heteroatoms. The molecule has 3 rings (SSSR count). The van der Waals surface area contributed by atoms with E-state index < -0.39 is 11.9 Å². The van der Waals surface area contributed by atoms with E-state index in [1.54, 1.807) is 12.1 Å². The van der Waals surface area contributed by atoms with Crippen LogP contribution in [0.2, 0.25) is 0 Å². The molecule has 2 aliphatic rings. The molecule has 0 bridgehead atoms. The summed E-state index contributed by atoms with van der Waals surface area (Å²) in [4.78, 5) is 49.4. The quantitative estimate of drug-likeness (QED) is 0.689. The van der Waals surface area contributed by atoms with Crippen LogP contribution in [-0.2, 0) is 22.7 Å². The lowest BCUT2D eigenvalue weighted by Crippen LogP contribution is -2.52. The lowest BCUT2D eigenvalue weighted by atomic mass is 10.0. The summed E-state index contributed by atoms with van der Waals surface area (Å²) in [5.41, 5.74) is 1.93. The van der Waals surface area contributed by atoms with Gasteiger partial charge in [-0.25, -0.2) is 4.79 Å².